The molecule has 0 aliphatic heterocycles. The van der Waals surface area contributed by atoms with E-state index >= 15 is 0 Å². The fraction of sp³-hybridized carbons (Fsp3) is 0.143. The van der Waals surface area contributed by atoms with Crippen molar-refractivity contribution in [3.05, 3.63) is 69.2 Å². The van der Waals surface area contributed by atoms with Crippen LogP contribution < -0.4 is 11.3 Å². The van der Waals surface area contributed by atoms with Gasteiger partial charge in [0, 0.05) is 10.0 Å². The smallest absolute Gasteiger partial charge is 0.271 e. The number of halogens is 5. The van der Waals surface area contributed by atoms with Crippen molar-refractivity contribution < 1.29 is 13.2 Å². The molecule has 1 atom stereocenters. The first-order chi connectivity index (χ1) is 9.81. The highest BCUT2D eigenvalue weighted by Crippen LogP contribution is 2.33. The summed E-state index contributed by atoms with van der Waals surface area (Å²) in [6.07, 6.45) is -4.42. The van der Waals surface area contributed by atoms with Gasteiger partial charge in [-0.05, 0) is 41.5 Å². The van der Waals surface area contributed by atoms with Crippen LogP contribution in [0.5, 0.6) is 0 Å². The largest absolute Gasteiger partial charge is 0.416 e. The summed E-state index contributed by atoms with van der Waals surface area (Å²) in [5.41, 5.74) is 2.69. The van der Waals surface area contributed by atoms with Gasteiger partial charge >= 0.3 is 6.18 Å². The Morgan fingerprint density at radius 3 is 2.10 bits per heavy atom. The normalized spacial score (nSPS) is 13.2. The van der Waals surface area contributed by atoms with Gasteiger partial charge in [-0.2, -0.15) is 13.2 Å². The van der Waals surface area contributed by atoms with E-state index in [0.717, 1.165) is 12.1 Å². The van der Waals surface area contributed by atoms with Crippen LogP contribution in [0, 0.1) is 0 Å². The van der Waals surface area contributed by atoms with Crippen molar-refractivity contribution in [2.45, 2.75) is 12.2 Å². The second-order valence-corrected chi connectivity index (χ2v) is 5.30. The molecule has 2 nitrogen and oxygen atoms in total. The number of rotatable bonds is 3. The van der Waals surface area contributed by atoms with Gasteiger partial charge in [0.2, 0.25) is 0 Å². The Morgan fingerprint density at radius 1 is 0.952 bits per heavy atom. The van der Waals surface area contributed by atoms with Gasteiger partial charge in [0.1, 0.15) is 0 Å². The van der Waals surface area contributed by atoms with Crippen LogP contribution in [-0.4, -0.2) is 0 Å². The molecule has 0 heterocycles. The number of benzene rings is 2. The third-order valence-corrected chi connectivity index (χ3v) is 3.37. The quantitative estimate of drug-likeness (QED) is 0.637. The van der Waals surface area contributed by atoms with E-state index in [9.17, 15) is 13.2 Å². The van der Waals surface area contributed by atoms with Crippen molar-refractivity contribution in [2.75, 3.05) is 0 Å². The zero-order chi connectivity index (χ0) is 15.6. The maximum atomic E-state index is 12.8. The second-order valence-electron chi connectivity index (χ2n) is 4.43. The van der Waals surface area contributed by atoms with Gasteiger partial charge in [-0.25, -0.2) is 5.43 Å². The molecule has 0 aliphatic rings. The Balaban J connectivity index is 2.46. The molecule has 0 radical (unpaired) electrons. The summed E-state index contributed by atoms with van der Waals surface area (Å²) in [6, 6.07) is 9.00. The number of hydrazine groups is 1. The molecule has 0 bridgehead atoms. The van der Waals surface area contributed by atoms with Crippen molar-refractivity contribution >= 4 is 23.2 Å². The summed E-state index contributed by atoms with van der Waals surface area (Å²) < 4.78 is 38.3. The Kier molecular flexibility index (Phi) is 4.78. The summed E-state index contributed by atoms with van der Waals surface area (Å²) in [6.45, 7) is 0. The van der Waals surface area contributed by atoms with Gasteiger partial charge in [-0.3, -0.25) is 5.84 Å². The van der Waals surface area contributed by atoms with E-state index in [0.29, 0.717) is 21.2 Å². The topological polar surface area (TPSA) is 38.0 Å². The van der Waals surface area contributed by atoms with E-state index in [1.54, 1.807) is 18.2 Å². The number of nitrogens with two attached hydrogens (primary N) is 1. The predicted octanol–water partition coefficient (Wildman–Crippen LogP) is 4.56. The molecule has 0 amide bonds. The van der Waals surface area contributed by atoms with Crippen LogP contribution in [0.2, 0.25) is 10.0 Å². The molecule has 2 aromatic rings. The van der Waals surface area contributed by atoms with E-state index in [1.165, 1.54) is 12.1 Å². The van der Waals surface area contributed by atoms with Crippen molar-refractivity contribution in [1.29, 1.82) is 0 Å². The van der Waals surface area contributed by atoms with E-state index in [1.807, 2.05) is 0 Å². The highest BCUT2D eigenvalue weighted by atomic mass is 35.5. The highest BCUT2D eigenvalue weighted by Gasteiger charge is 2.31. The van der Waals surface area contributed by atoms with Crippen LogP contribution in [0.4, 0.5) is 13.2 Å². The average Bonchev–Trinajstić information content (AvgIpc) is 2.38. The van der Waals surface area contributed by atoms with E-state index in [2.05, 4.69) is 5.43 Å². The third-order valence-electron chi connectivity index (χ3n) is 2.93. The van der Waals surface area contributed by atoms with Gasteiger partial charge < -0.3 is 0 Å². The molecule has 3 N–H and O–H groups in total. The molecule has 0 aliphatic carbocycles. The van der Waals surface area contributed by atoms with E-state index in [-0.39, 0.29) is 0 Å². The molecule has 0 saturated carbocycles. The lowest BCUT2D eigenvalue weighted by atomic mass is 9.97. The molecule has 0 spiro atoms. The number of hydrogen-bond donors (Lipinski definition) is 2. The summed E-state index contributed by atoms with van der Waals surface area (Å²) in [7, 11) is 0. The standard InChI is InChI=1S/C14H11Cl2F3N2/c15-11-5-9(6-12(16)7-11)13(21-20)8-2-1-3-10(4-8)14(17,18)19/h1-7,13,21H,20H2. The highest BCUT2D eigenvalue weighted by molar-refractivity contribution is 6.34. The minimum Gasteiger partial charge on any atom is -0.271 e. The molecule has 0 aromatic heterocycles. The molecule has 0 saturated heterocycles. The van der Waals surface area contributed by atoms with Gasteiger partial charge in [-0.1, -0.05) is 35.3 Å². The average molecular weight is 335 g/mol. The summed E-state index contributed by atoms with van der Waals surface area (Å²) in [5.74, 6) is 5.48. The van der Waals surface area contributed by atoms with Crippen molar-refractivity contribution in [1.82, 2.24) is 5.43 Å². The molecule has 0 fully saturated rings. The number of nitrogens with one attached hydrogen (secondary N) is 1. The van der Waals surface area contributed by atoms with Gasteiger partial charge in [0.25, 0.3) is 0 Å². The summed E-state index contributed by atoms with van der Waals surface area (Å²) >= 11 is 11.8. The molecule has 112 valence electrons. The van der Waals surface area contributed by atoms with E-state index < -0.39 is 17.8 Å². The van der Waals surface area contributed by atoms with Crippen LogP contribution >= 0.6 is 23.2 Å². The fourth-order valence-electron chi connectivity index (χ4n) is 2.02. The summed E-state index contributed by atoms with van der Waals surface area (Å²) in [4.78, 5) is 0. The Morgan fingerprint density at radius 2 is 1.57 bits per heavy atom. The SMILES string of the molecule is NNC(c1cc(Cl)cc(Cl)c1)c1cccc(C(F)(F)F)c1. The van der Waals surface area contributed by atoms with Crippen LogP contribution in [0.25, 0.3) is 0 Å². The minimum atomic E-state index is -4.42. The van der Waals surface area contributed by atoms with Crippen molar-refractivity contribution in [2.24, 2.45) is 5.84 Å². The summed E-state index contributed by atoms with van der Waals surface area (Å²) in [5, 5.41) is 0.759. The lowest BCUT2D eigenvalue weighted by molar-refractivity contribution is -0.137. The maximum Gasteiger partial charge on any atom is 0.416 e. The first-order valence-corrected chi connectivity index (χ1v) is 6.66. The molecule has 2 rings (SSSR count). The molecule has 1 unspecified atom stereocenters. The predicted molar refractivity (Wildman–Crippen MR) is 77.1 cm³/mol. The zero-order valence-corrected chi connectivity index (χ0v) is 12.1. The van der Waals surface area contributed by atoms with Crippen LogP contribution in [0.15, 0.2) is 42.5 Å². The van der Waals surface area contributed by atoms with Gasteiger partial charge in [0.05, 0.1) is 11.6 Å². The third kappa shape index (κ3) is 3.89. The molecular weight excluding hydrogens is 324 g/mol. The minimum absolute atomic E-state index is 0.366. The van der Waals surface area contributed by atoms with Crippen LogP contribution in [0.3, 0.4) is 0 Å². The Bertz CT molecular complexity index is 624. The molecule has 2 aromatic carbocycles. The van der Waals surface area contributed by atoms with Crippen LogP contribution in [0.1, 0.15) is 22.7 Å². The Labute approximate surface area is 129 Å². The number of hydrogen-bond acceptors (Lipinski definition) is 2. The van der Waals surface area contributed by atoms with Crippen molar-refractivity contribution in [3.63, 3.8) is 0 Å². The van der Waals surface area contributed by atoms with E-state index in [4.69, 9.17) is 29.0 Å². The second kappa shape index (κ2) is 6.23. The first-order valence-electron chi connectivity index (χ1n) is 5.90. The first kappa shape index (κ1) is 16.1. The lowest BCUT2D eigenvalue weighted by Gasteiger charge is -2.19. The van der Waals surface area contributed by atoms with Crippen molar-refractivity contribution in [3.8, 4) is 0 Å². The maximum absolute atomic E-state index is 12.8. The van der Waals surface area contributed by atoms with Gasteiger partial charge in [0.15, 0.2) is 0 Å². The number of alkyl halides is 3. The molecular formula is C14H11Cl2F3N2. The van der Waals surface area contributed by atoms with Gasteiger partial charge in [-0.15, -0.1) is 0 Å². The fourth-order valence-corrected chi connectivity index (χ4v) is 2.56. The molecule has 7 heteroatoms. The van der Waals surface area contributed by atoms with Crippen LogP contribution in [-0.2, 0) is 6.18 Å². The Hall–Kier alpha value is -1.27. The molecule has 21 heavy (non-hydrogen) atoms. The zero-order valence-electron chi connectivity index (χ0n) is 10.6. The lowest BCUT2D eigenvalue weighted by Crippen LogP contribution is -2.29. The monoisotopic (exact) mass is 334 g/mol.